The van der Waals surface area contributed by atoms with Gasteiger partial charge in [0.25, 0.3) is 0 Å². The summed E-state index contributed by atoms with van der Waals surface area (Å²) in [5.74, 6) is -0.668. The first-order valence-electron chi connectivity index (χ1n) is 10.3. The van der Waals surface area contributed by atoms with Gasteiger partial charge >= 0.3 is 5.97 Å². The fourth-order valence-electron chi connectivity index (χ4n) is 3.56. The highest BCUT2D eigenvalue weighted by Crippen LogP contribution is 2.45. The molecular formula is C24H30O6. The average Bonchev–Trinajstić information content (AvgIpc) is 2.73. The highest BCUT2D eigenvalue weighted by atomic mass is 16.6. The number of allylic oxidation sites excluding steroid dienone is 3. The van der Waals surface area contributed by atoms with Crippen LogP contribution in [0.15, 0.2) is 30.4 Å². The fraction of sp³-hybridized carbons (Fsp3) is 0.458. The Morgan fingerprint density at radius 2 is 1.70 bits per heavy atom. The first-order chi connectivity index (χ1) is 14.3. The zero-order valence-electron chi connectivity index (χ0n) is 18.4. The van der Waals surface area contributed by atoms with Crippen molar-refractivity contribution >= 4 is 17.5 Å². The summed E-state index contributed by atoms with van der Waals surface area (Å²) in [7, 11) is 2.87. The highest BCUT2D eigenvalue weighted by Gasteiger charge is 2.39. The molecule has 0 N–H and O–H groups in total. The van der Waals surface area contributed by atoms with Crippen LogP contribution in [-0.4, -0.2) is 31.8 Å². The normalized spacial score (nSPS) is 15.1. The molecule has 1 aliphatic carbocycles. The number of ketones is 2. The Labute approximate surface area is 177 Å². The predicted octanol–water partition coefficient (Wildman–Crippen LogP) is 4.94. The van der Waals surface area contributed by atoms with Gasteiger partial charge in [-0.05, 0) is 44.4 Å². The molecule has 30 heavy (non-hydrogen) atoms. The van der Waals surface area contributed by atoms with Crippen molar-refractivity contribution in [2.24, 2.45) is 0 Å². The second kappa shape index (κ2) is 10.2. The van der Waals surface area contributed by atoms with Crippen LogP contribution in [0.1, 0.15) is 79.2 Å². The van der Waals surface area contributed by atoms with Gasteiger partial charge in [-0.1, -0.05) is 32.8 Å². The number of fused-ring (bicyclic) bond motifs is 1. The predicted molar refractivity (Wildman–Crippen MR) is 114 cm³/mol. The van der Waals surface area contributed by atoms with Crippen LogP contribution in [0.5, 0.6) is 11.5 Å². The summed E-state index contributed by atoms with van der Waals surface area (Å²) >= 11 is 0. The summed E-state index contributed by atoms with van der Waals surface area (Å²) in [5, 5.41) is 0. The summed E-state index contributed by atoms with van der Waals surface area (Å²) in [6, 6.07) is 1.64. The van der Waals surface area contributed by atoms with Crippen LogP contribution in [0.3, 0.4) is 0 Å². The molecule has 0 heterocycles. The smallest absolute Gasteiger partial charge is 0.331 e. The van der Waals surface area contributed by atoms with E-state index in [1.165, 1.54) is 32.4 Å². The lowest BCUT2D eigenvalue weighted by Crippen LogP contribution is -2.30. The molecule has 1 aromatic carbocycles. The SMILES string of the molecule is CCC/C=C/C(=O)OC(C)(CCCC)c1cc(OC)c2c(c1OC)C(=O)C=CC2=O. The van der Waals surface area contributed by atoms with Crippen LogP contribution in [0.4, 0.5) is 0 Å². The lowest BCUT2D eigenvalue weighted by atomic mass is 9.83. The second-order valence-corrected chi connectivity index (χ2v) is 7.42. The Morgan fingerprint density at radius 1 is 1.03 bits per heavy atom. The monoisotopic (exact) mass is 414 g/mol. The molecule has 2 rings (SSSR count). The number of hydrogen-bond donors (Lipinski definition) is 0. The Hall–Kier alpha value is -2.89. The molecule has 6 heteroatoms. The molecule has 0 radical (unpaired) electrons. The van der Waals surface area contributed by atoms with Crippen LogP contribution < -0.4 is 9.47 Å². The summed E-state index contributed by atoms with van der Waals surface area (Å²) in [5.41, 5.74) is -0.262. The van der Waals surface area contributed by atoms with E-state index >= 15 is 0 Å². The molecule has 1 unspecified atom stereocenters. The minimum absolute atomic E-state index is 0.139. The lowest BCUT2D eigenvalue weighted by molar-refractivity contribution is -0.154. The molecule has 1 atom stereocenters. The maximum absolute atomic E-state index is 12.7. The lowest BCUT2D eigenvalue weighted by Gasteiger charge is -2.33. The van der Waals surface area contributed by atoms with Gasteiger partial charge in [0, 0.05) is 11.6 Å². The number of ether oxygens (including phenoxy) is 3. The van der Waals surface area contributed by atoms with Gasteiger partial charge < -0.3 is 14.2 Å². The molecular weight excluding hydrogens is 384 g/mol. The number of esters is 1. The van der Waals surface area contributed by atoms with Crippen molar-refractivity contribution in [1.82, 2.24) is 0 Å². The van der Waals surface area contributed by atoms with Gasteiger partial charge in [0.1, 0.15) is 17.1 Å². The van der Waals surface area contributed by atoms with E-state index in [0.717, 1.165) is 25.7 Å². The van der Waals surface area contributed by atoms with Crippen LogP contribution in [-0.2, 0) is 15.1 Å². The molecule has 0 amide bonds. The van der Waals surface area contributed by atoms with Crippen molar-refractivity contribution in [3.05, 3.63) is 47.1 Å². The van der Waals surface area contributed by atoms with Crippen molar-refractivity contribution in [2.75, 3.05) is 14.2 Å². The van der Waals surface area contributed by atoms with E-state index in [4.69, 9.17) is 14.2 Å². The summed E-state index contributed by atoms with van der Waals surface area (Å²) in [4.78, 5) is 37.7. The zero-order valence-corrected chi connectivity index (χ0v) is 18.4. The maximum Gasteiger partial charge on any atom is 0.331 e. The van der Waals surface area contributed by atoms with E-state index in [0.29, 0.717) is 12.0 Å². The Balaban J connectivity index is 2.66. The molecule has 0 saturated carbocycles. The van der Waals surface area contributed by atoms with Crippen molar-refractivity contribution in [1.29, 1.82) is 0 Å². The maximum atomic E-state index is 12.7. The van der Waals surface area contributed by atoms with Crippen LogP contribution >= 0.6 is 0 Å². The van der Waals surface area contributed by atoms with E-state index in [1.807, 2.05) is 13.8 Å². The van der Waals surface area contributed by atoms with Crippen molar-refractivity contribution in [2.45, 2.75) is 58.5 Å². The van der Waals surface area contributed by atoms with Gasteiger partial charge in [-0.2, -0.15) is 0 Å². The highest BCUT2D eigenvalue weighted by molar-refractivity contribution is 6.24. The van der Waals surface area contributed by atoms with Crippen molar-refractivity contribution in [3.8, 4) is 11.5 Å². The number of unbranched alkanes of at least 4 members (excludes halogenated alkanes) is 2. The van der Waals surface area contributed by atoms with Crippen molar-refractivity contribution in [3.63, 3.8) is 0 Å². The van der Waals surface area contributed by atoms with Crippen LogP contribution in [0.25, 0.3) is 0 Å². The average molecular weight is 414 g/mol. The van der Waals surface area contributed by atoms with Gasteiger partial charge in [0.15, 0.2) is 11.6 Å². The molecule has 0 aliphatic heterocycles. The Morgan fingerprint density at radius 3 is 2.27 bits per heavy atom. The first kappa shape index (κ1) is 23.4. The Bertz CT molecular complexity index is 880. The van der Waals surface area contributed by atoms with Gasteiger partial charge in [-0.25, -0.2) is 4.79 Å². The van der Waals surface area contributed by atoms with Gasteiger partial charge in [-0.3, -0.25) is 9.59 Å². The van der Waals surface area contributed by atoms with Crippen molar-refractivity contribution < 1.29 is 28.6 Å². The van der Waals surface area contributed by atoms with E-state index in [2.05, 4.69) is 0 Å². The third-order valence-corrected chi connectivity index (χ3v) is 5.16. The number of rotatable bonds is 10. The number of carbonyl (C=O) groups excluding carboxylic acids is 3. The molecule has 1 aliphatic rings. The standard InChI is InChI=1S/C24H30O6/c1-6-8-10-11-20(27)30-24(3,14-9-7-2)16-15-19(28-4)21-17(25)12-13-18(26)22(21)23(16)29-5/h10-13,15H,6-9,14H2,1-5H3/b11-10+. The quantitative estimate of drug-likeness (QED) is 0.398. The molecule has 162 valence electrons. The van der Waals surface area contributed by atoms with Gasteiger partial charge in [0.2, 0.25) is 0 Å². The third-order valence-electron chi connectivity index (χ3n) is 5.16. The fourth-order valence-corrected chi connectivity index (χ4v) is 3.56. The summed E-state index contributed by atoms with van der Waals surface area (Å²) in [6.07, 6.45) is 9.55. The number of carbonyl (C=O) groups is 3. The number of methoxy groups -OCH3 is 2. The largest absolute Gasteiger partial charge is 0.496 e. The molecule has 0 fully saturated rings. The molecule has 0 spiro atoms. The molecule has 1 aromatic rings. The number of hydrogen-bond acceptors (Lipinski definition) is 6. The third kappa shape index (κ3) is 4.81. The summed E-state index contributed by atoms with van der Waals surface area (Å²) in [6.45, 7) is 5.86. The summed E-state index contributed by atoms with van der Waals surface area (Å²) < 4.78 is 16.9. The van der Waals surface area contributed by atoms with E-state index in [9.17, 15) is 14.4 Å². The number of benzene rings is 1. The van der Waals surface area contributed by atoms with E-state index in [1.54, 1.807) is 19.1 Å². The van der Waals surface area contributed by atoms with Gasteiger partial charge in [0.05, 0.1) is 25.3 Å². The molecule has 0 aromatic heterocycles. The van der Waals surface area contributed by atoms with Crippen LogP contribution in [0, 0.1) is 0 Å². The van der Waals surface area contributed by atoms with Crippen LogP contribution in [0.2, 0.25) is 0 Å². The first-order valence-corrected chi connectivity index (χ1v) is 10.3. The minimum Gasteiger partial charge on any atom is -0.496 e. The second-order valence-electron chi connectivity index (χ2n) is 7.42. The minimum atomic E-state index is -1.07. The topological polar surface area (TPSA) is 78.9 Å². The van der Waals surface area contributed by atoms with E-state index < -0.39 is 11.6 Å². The molecule has 0 bridgehead atoms. The zero-order chi connectivity index (χ0) is 22.3. The van der Waals surface area contributed by atoms with Gasteiger partial charge in [-0.15, -0.1) is 0 Å². The Kier molecular flexibility index (Phi) is 7.98. The molecule has 6 nitrogen and oxygen atoms in total. The van der Waals surface area contributed by atoms with E-state index in [-0.39, 0.29) is 34.2 Å². The molecule has 0 saturated heterocycles.